The first kappa shape index (κ1) is 12.8. The minimum atomic E-state index is -0.397. The van der Waals surface area contributed by atoms with E-state index in [1.807, 2.05) is 24.3 Å². The van der Waals surface area contributed by atoms with Crippen LogP contribution >= 0.6 is 0 Å². The summed E-state index contributed by atoms with van der Waals surface area (Å²) in [7, 11) is 1.64. The van der Waals surface area contributed by atoms with Crippen molar-refractivity contribution >= 4 is 11.6 Å². The number of Topliss-reactive ketones (excluding diaryl/α,β-unsaturated/α-hetero) is 2. The standard InChI is InChI=1S/C15H18O3/c1-10(16)14-9-12(5-8-15(14)17)11-3-6-13(18-2)7-4-11/h3-4,6-7,12,14H,5,8-9H2,1-2H3. The third-order valence-corrected chi connectivity index (χ3v) is 3.73. The molecule has 0 heterocycles. The highest BCUT2D eigenvalue weighted by Gasteiger charge is 2.32. The second-order valence-corrected chi connectivity index (χ2v) is 4.87. The van der Waals surface area contributed by atoms with E-state index in [0.29, 0.717) is 18.8 Å². The van der Waals surface area contributed by atoms with Gasteiger partial charge in [0.05, 0.1) is 13.0 Å². The summed E-state index contributed by atoms with van der Waals surface area (Å²) in [6.45, 7) is 1.51. The van der Waals surface area contributed by atoms with Crippen LogP contribution in [0.25, 0.3) is 0 Å². The first-order valence-electron chi connectivity index (χ1n) is 6.29. The smallest absolute Gasteiger partial charge is 0.143 e. The topological polar surface area (TPSA) is 43.4 Å². The fraction of sp³-hybridized carbons (Fsp3) is 0.467. The molecule has 0 radical (unpaired) electrons. The highest BCUT2D eigenvalue weighted by atomic mass is 16.5. The van der Waals surface area contributed by atoms with Crippen molar-refractivity contribution < 1.29 is 14.3 Å². The Balaban J connectivity index is 2.13. The highest BCUT2D eigenvalue weighted by molar-refractivity contribution is 6.01. The molecule has 1 aliphatic rings. The number of hydrogen-bond acceptors (Lipinski definition) is 3. The summed E-state index contributed by atoms with van der Waals surface area (Å²) < 4.78 is 5.12. The van der Waals surface area contributed by atoms with E-state index >= 15 is 0 Å². The van der Waals surface area contributed by atoms with Crippen molar-refractivity contribution in [1.29, 1.82) is 0 Å². The van der Waals surface area contributed by atoms with E-state index in [9.17, 15) is 9.59 Å². The Bertz CT molecular complexity index is 447. The average Bonchev–Trinajstić information content (AvgIpc) is 2.39. The lowest BCUT2D eigenvalue weighted by Crippen LogP contribution is -2.29. The molecule has 0 saturated heterocycles. The van der Waals surface area contributed by atoms with Gasteiger partial charge in [0, 0.05) is 6.42 Å². The van der Waals surface area contributed by atoms with E-state index in [-0.39, 0.29) is 11.6 Å². The molecule has 0 aliphatic heterocycles. The first-order valence-corrected chi connectivity index (χ1v) is 6.29. The van der Waals surface area contributed by atoms with Crippen LogP contribution in [0.4, 0.5) is 0 Å². The van der Waals surface area contributed by atoms with Gasteiger partial charge in [0.2, 0.25) is 0 Å². The molecule has 2 unspecified atom stereocenters. The first-order chi connectivity index (χ1) is 8.61. The number of methoxy groups -OCH3 is 1. The van der Waals surface area contributed by atoms with Gasteiger partial charge in [-0.1, -0.05) is 12.1 Å². The molecule has 2 atom stereocenters. The van der Waals surface area contributed by atoms with E-state index in [4.69, 9.17) is 4.74 Å². The Hall–Kier alpha value is -1.64. The molecule has 3 heteroatoms. The van der Waals surface area contributed by atoms with Gasteiger partial charge >= 0.3 is 0 Å². The minimum absolute atomic E-state index is 0.00166. The molecule has 1 aromatic rings. The van der Waals surface area contributed by atoms with Crippen LogP contribution in [-0.2, 0) is 9.59 Å². The molecule has 0 bridgehead atoms. The predicted molar refractivity (Wildman–Crippen MR) is 68.8 cm³/mol. The van der Waals surface area contributed by atoms with Crippen LogP contribution in [-0.4, -0.2) is 18.7 Å². The Morgan fingerprint density at radius 3 is 2.50 bits per heavy atom. The van der Waals surface area contributed by atoms with Crippen molar-refractivity contribution in [2.45, 2.75) is 32.1 Å². The molecule has 0 spiro atoms. The number of hydrogen-bond donors (Lipinski definition) is 0. The maximum absolute atomic E-state index is 11.7. The molecule has 96 valence electrons. The zero-order chi connectivity index (χ0) is 13.1. The van der Waals surface area contributed by atoms with Gasteiger partial charge in [0.1, 0.15) is 17.3 Å². The number of ketones is 2. The Morgan fingerprint density at radius 2 is 1.94 bits per heavy atom. The van der Waals surface area contributed by atoms with Crippen LogP contribution < -0.4 is 4.74 Å². The van der Waals surface area contributed by atoms with E-state index in [2.05, 4.69) is 0 Å². The second kappa shape index (κ2) is 5.34. The van der Waals surface area contributed by atoms with Crippen molar-refractivity contribution in [3.05, 3.63) is 29.8 Å². The number of benzene rings is 1. The molecule has 1 saturated carbocycles. The summed E-state index contributed by atoms with van der Waals surface area (Å²) >= 11 is 0. The zero-order valence-electron chi connectivity index (χ0n) is 10.8. The summed E-state index contributed by atoms with van der Waals surface area (Å²) in [5.41, 5.74) is 1.19. The largest absolute Gasteiger partial charge is 0.497 e. The summed E-state index contributed by atoms with van der Waals surface area (Å²) in [5.74, 6) is 0.840. The molecule has 1 aromatic carbocycles. The third-order valence-electron chi connectivity index (χ3n) is 3.73. The van der Waals surface area contributed by atoms with Crippen LogP contribution in [0.15, 0.2) is 24.3 Å². The van der Waals surface area contributed by atoms with Gasteiger partial charge in [-0.05, 0) is 43.4 Å². The van der Waals surface area contributed by atoms with Gasteiger partial charge in [-0.2, -0.15) is 0 Å². The summed E-state index contributed by atoms with van der Waals surface area (Å²) in [6.07, 6.45) is 2.01. The van der Waals surface area contributed by atoms with E-state index in [0.717, 1.165) is 12.2 Å². The van der Waals surface area contributed by atoms with E-state index in [1.54, 1.807) is 7.11 Å². The van der Waals surface area contributed by atoms with Crippen LogP contribution in [0.2, 0.25) is 0 Å². The maximum atomic E-state index is 11.7. The van der Waals surface area contributed by atoms with Crippen LogP contribution in [0.5, 0.6) is 5.75 Å². The number of rotatable bonds is 3. The molecule has 18 heavy (non-hydrogen) atoms. The fourth-order valence-corrected chi connectivity index (χ4v) is 2.60. The molecular formula is C15H18O3. The van der Waals surface area contributed by atoms with Gasteiger partial charge in [-0.3, -0.25) is 9.59 Å². The third kappa shape index (κ3) is 2.61. The predicted octanol–water partition coefficient (Wildman–Crippen LogP) is 2.74. The van der Waals surface area contributed by atoms with Crippen LogP contribution in [0.3, 0.4) is 0 Å². The van der Waals surface area contributed by atoms with E-state index in [1.165, 1.54) is 12.5 Å². The normalized spacial score (nSPS) is 23.8. The molecule has 0 amide bonds. The van der Waals surface area contributed by atoms with Crippen molar-refractivity contribution in [2.24, 2.45) is 5.92 Å². The zero-order valence-corrected chi connectivity index (χ0v) is 10.8. The van der Waals surface area contributed by atoms with Crippen molar-refractivity contribution in [2.75, 3.05) is 7.11 Å². The lowest BCUT2D eigenvalue weighted by Gasteiger charge is -2.27. The number of carbonyl (C=O) groups is 2. The fourth-order valence-electron chi connectivity index (χ4n) is 2.60. The molecular weight excluding hydrogens is 228 g/mol. The Labute approximate surface area is 107 Å². The van der Waals surface area contributed by atoms with Gasteiger partial charge in [0.25, 0.3) is 0 Å². The average molecular weight is 246 g/mol. The Morgan fingerprint density at radius 1 is 1.28 bits per heavy atom. The lowest BCUT2D eigenvalue weighted by atomic mass is 9.76. The highest BCUT2D eigenvalue weighted by Crippen LogP contribution is 2.35. The van der Waals surface area contributed by atoms with Crippen LogP contribution in [0.1, 0.15) is 37.7 Å². The molecule has 1 fully saturated rings. The molecule has 2 rings (SSSR count). The molecule has 1 aliphatic carbocycles. The summed E-state index contributed by atoms with van der Waals surface area (Å²) in [4.78, 5) is 23.1. The molecule has 0 aromatic heterocycles. The molecule has 0 N–H and O–H groups in total. The lowest BCUT2D eigenvalue weighted by molar-refractivity contribution is -0.133. The summed E-state index contributed by atoms with van der Waals surface area (Å²) in [6, 6.07) is 7.90. The minimum Gasteiger partial charge on any atom is -0.497 e. The number of carbonyl (C=O) groups excluding carboxylic acids is 2. The maximum Gasteiger partial charge on any atom is 0.143 e. The SMILES string of the molecule is COc1ccc(C2CCC(=O)C(C(C)=O)C2)cc1. The van der Waals surface area contributed by atoms with Gasteiger partial charge in [-0.25, -0.2) is 0 Å². The summed E-state index contributed by atoms with van der Waals surface area (Å²) in [5, 5.41) is 0. The monoisotopic (exact) mass is 246 g/mol. The van der Waals surface area contributed by atoms with Gasteiger partial charge in [0.15, 0.2) is 0 Å². The van der Waals surface area contributed by atoms with Gasteiger partial charge in [-0.15, -0.1) is 0 Å². The second-order valence-electron chi connectivity index (χ2n) is 4.87. The number of ether oxygens (including phenoxy) is 1. The van der Waals surface area contributed by atoms with Crippen molar-refractivity contribution in [3.8, 4) is 5.75 Å². The molecule has 3 nitrogen and oxygen atoms in total. The Kier molecular flexibility index (Phi) is 3.80. The quantitative estimate of drug-likeness (QED) is 0.770. The van der Waals surface area contributed by atoms with E-state index < -0.39 is 5.92 Å². The van der Waals surface area contributed by atoms with Crippen molar-refractivity contribution in [1.82, 2.24) is 0 Å². The van der Waals surface area contributed by atoms with Crippen molar-refractivity contribution in [3.63, 3.8) is 0 Å². The van der Waals surface area contributed by atoms with Gasteiger partial charge < -0.3 is 4.74 Å². The van der Waals surface area contributed by atoms with Crippen LogP contribution in [0, 0.1) is 5.92 Å².